The molecule has 5 nitrogen and oxygen atoms in total. The maximum absolute atomic E-state index is 12.9. The third-order valence-electron chi connectivity index (χ3n) is 4.07. The highest BCUT2D eigenvalue weighted by molar-refractivity contribution is 7.92. The average molecular weight is 329 g/mol. The second-order valence-electron chi connectivity index (χ2n) is 5.94. The minimum absolute atomic E-state index is 0.0328. The van der Waals surface area contributed by atoms with Gasteiger partial charge in [-0.1, -0.05) is 17.7 Å². The van der Waals surface area contributed by atoms with Crippen molar-refractivity contribution in [1.29, 1.82) is 0 Å². The van der Waals surface area contributed by atoms with Gasteiger partial charge in [0.25, 0.3) is 0 Å². The Kier molecular flexibility index (Phi) is 3.62. The van der Waals surface area contributed by atoms with Crippen LogP contribution in [0.2, 0.25) is 0 Å². The molecule has 1 aliphatic carbocycles. The van der Waals surface area contributed by atoms with E-state index in [9.17, 15) is 16.8 Å². The van der Waals surface area contributed by atoms with Crippen LogP contribution in [0.5, 0.6) is 0 Å². The molecule has 1 aliphatic heterocycles. The summed E-state index contributed by atoms with van der Waals surface area (Å²) >= 11 is 0. The van der Waals surface area contributed by atoms with Crippen molar-refractivity contribution < 1.29 is 16.8 Å². The van der Waals surface area contributed by atoms with E-state index in [0.717, 1.165) is 18.4 Å². The number of sulfone groups is 1. The van der Waals surface area contributed by atoms with Gasteiger partial charge in [0.2, 0.25) is 10.0 Å². The van der Waals surface area contributed by atoms with Crippen molar-refractivity contribution in [2.75, 3.05) is 11.5 Å². The zero-order valence-corrected chi connectivity index (χ0v) is 13.5. The summed E-state index contributed by atoms with van der Waals surface area (Å²) in [5.41, 5.74) is 0.996. The highest BCUT2D eigenvalue weighted by Gasteiger charge is 2.46. The number of nitrogens with zero attached hydrogens (tertiary/aromatic N) is 1. The molecule has 3 rings (SSSR count). The molecule has 0 spiro atoms. The molecule has 1 saturated heterocycles. The van der Waals surface area contributed by atoms with Crippen molar-refractivity contribution in [3.8, 4) is 0 Å². The first kappa shape index (κ1) is 15.0. The molecule has 1 aromatic carbocycles. The second kappa shape index (κ2) is 5.07. The van der Waals surface area contributed by atoms with Crippen LogP contribution in [-0.4, -0.2) is 44.7 Å². The molecule has 0 bridgehead atoms. The molecule has 1 saturated carbocycles. The molecule has 0 radical (unpaired) electrons. The summed E-state index contributed by atoms with van der Waals surface area (Å²) in [5.74, 6) is 0.0406. The monoisotopic (exact) mass is 329 g/mol. The number of aryl methyl sites for hydroxylation is 1. The Morgan fingerprint density at radius 2 is 1.67 bits per heavy atom. The van der Waals surface area contributed by atoms with Gasteiger partial charge < -0.3 is 0 Å². The minimum Gasteiger partial charge on any atom is -0.229 e. The molecule has 21 heavy (non-hydrogen) atoms. The summed E-state index contributed by atoms with van der Waals surface area (Å²) in [4.78, 5) is 0.254. The van der Waals surface area contributed by atoms with E-state index in [2.05, 4.69) is 0 Å². The van der Waals surface area contributed by atoms with E-state index in [-0.39, 0.29) is 22.4 Å². The number of hydrogen-bond donors (Lipinski definition) is 0. The topological polar surface area (TPSA) is 71.5 Å². The lowest BCUT2D eigenvalue weighted by atomic mass is 10.2. The van der Waals surface area contributed by atoms with Crippen LogP contribution in [0.25, 0.3) is 0 Å². The van der Waals surface area contributed by atoms with Crippen molar-refractivity contribution in [1.82, 2.24) is 4.31 Å². The highest BCUT2D eigenvalue weighted by atomic mass is 32.2. The molecule has 1 heterocycles. The van der Waals surface area contributed by atoms with Gasteiger partial charge in [-0.2, -0.15) is 4.31 Å². The van der Waals surface area contributed by atoms with Crippen LogP contribution in [0.15, 0.2) is 29.2 Å². The van der Waals surface area contributed by atoms with Crippen LogP contribution in [0.3, 0.4) is 0 Å². The number of sulfonamides is 1. The molecule has 7 heteroatoms. The second-order valence-corrected chi connectivity index (χ2v) is 10.0. The predicted molar refractivity (Wildman–Crippen MR) is 80.3 cm³/mol. The van der Waals surface area contributed by atoms with Crippen molar-refractivity contribution in [2.45, 2.75) is 43.2 Å². The Bertz CT molecular complexity index is 734. The highest BCUT2D eigenvalue weighted by Crippen LogP contribution is 2.36. The van der Waals surface area contributed by atoms with Gasteiger partial charge >= 0.3 is 0 Å². The Morgan fingerprint density at radius 3 is 2.14 bits per heavy atom. The quantitative estimate of drug-likeness (QED) is 0.835. The molecule has 0 aromatic heterocycles. The third kappa shape index (κ3) is 3.00. The molecular weight excluding hydrogens is 310 g/mol. The molecular formula is C14H19NO4S2. The van der Waals surface area contributed by atoms with Crippen LogP contribution in [0.1, 0.15) is 24.8 Å². The van der Waals surface area contributed by atoms with Crippen molar-refractivity contribution >= 4 is 19.9 Å². The molecule has 2 aliphatic rings. The standard InChI is InChI=1S/C14H19NO4S2/c1-11-2-6-14(7-3-11)21(18,19)15(12-4-5-12)13-8-9-20(16,17)10-13/h2-3,6-7,12-13H,4-5,8-10H2,1H3/t13-/m1/s1. The van der Waals surface area contributed by atoms with E-state index < -0.39 is 25.9 Å². The fraction of sp³-hybridized carbons (Fsp3) is 0.571. The molecule has 0 N–H and O–H groups in total. The van der Waals surface area contributed by atoms with E-state index in [4.69, 9.17) is 0 Å². The summed E-state index contributed by atoms with van der Waals surface area (Å²) in [6.45, 7) is 1.90. The van der Waals surface area contributed by atoms with E-state index in [1.165, 1.54) is 4.31 Å². The average Bonchev–Trinajstić information content (AvgIpc) is 3.14. The van der Waals surface area contributed by atoms with Crippen molar-refractivity contribution in [2.24, 2.45) is 0 Å². The maximum Gasteiger partial charge on any atom is 0.243 e. The lowest BCUT2D eigenvalue weighted by Crippen LogP contribution is -2.42. The lowest BCUT2D eigenvalue weighted by Gasteiger charge is -2.27. The van der Waals surface area contributed by atoms with E-state index in [0.29, 0.717) is 6.42 Å². The van der Waals surface area contributed by atoms with Gasteiger partial charge in [0.05, 0.1) is 16.4 Å². The van der Waals surface area contributed by atoms with Crippen LogP contribution in [0.4, 0.5) is 0 Å². The predicted octanol–water partition coefficient (Wildman–Crippen LogP) is 1.34. The molecule has 2 fully saturated rings. The zero-order chi connectivity index (χ0) is 15.3. The molecule has 1 atom stereocenters. The van der Waals surface area contributed by atoms with E-state index in [1.54, 1.807) is 24.3 Å². The van der Waals surface area contributed by atoms with Crippen molar-refractivity contribution in [3.05, 3.63) is 29.8 Å². The van der Waals surface area contributed by atoms with Gasteiger partial charge in [-0.05, 0) is 38.3 Å². The van der Waals surface area contributed by atoms with Crippen LogP contribution >= 0.6 is 0 Å². The fourth-order valence-corrected chi connectivity index (χ4v) is 6.53. The first-order valence-corrected chi connectivity index (χ1v) is 10.4. The van der Waals surface area contributed by atoms with Gasteiger partial charge in [0, 0.05) is 12.1 Å². The SMILES string of the molecule is Cc1ccc(S(=O)(=O)N(C2CC2)[C@@H]2CCS(=O)(=O)C2)cc1. The van der Waals surface area contributed by atoms with Crippen LogP contribution < -0.4 is 0 Å². The first-order valence-electron chi connectivity index (χ1n) is 7.10. The smallest absolute Gasteiger partial charge is 0.229 e. The first-order chi connectivity index (χ1) is 9.79. The maximum atomic E-state index is 12.9. The number of rotatable bonds is 4. The zero-order valence-electron chi connectivity index (χ0n) is 11.9. The van der Waals surface area contributed by atoms with Crippen LogP contribution in [0, 0.1) is 6.92 Å². The van der Waals surface area contributed by atoms with E-state index >= 15 is 0 Å². The summed E-state index contributed by atoms with van der Waals surface area (Å²) in [6.07, 6.45) is 2.05. The normalized spacial score (nSPS) is 25.3. The van der Waals surface area contributed by atoms with Crippen molar-refractivity contribution in [3.63, 3.8) is 0 Å². The largest absolute Gasteiger partial charge is 0.243 e. The summed E-state index contributed by atoms with van der Waals surface area (Å²) < 4.78 is 50.5. The number of hydrogen-bond acceptors (Lipinski definition) is 4. The fourth-order valence-electron chi connectivity index (χ4n) is 2.83. The van der Waals surface area contributed by atoms with Gasteiger partial charge in [-0.25, -0.2) is 16.8 Å². The molecule has 0 unspecified atom stereocenters. The Labute approximate surface area is 125 Å². The molecule has 116 valence electrons. The summed E-state index contributed by atoms with van der Waals surface area (Å²) in [6, 6.07) is 6.29. The van der Waals surface area contributed by atoms with Gasteiger partial charge in [-0.3, -0.25) is 0 Å². The van der Waals surface area contributed by atoms with Gasteiger partial charge in [0.15, 0.2) is 9.84 Å². The minimum atomic E-state index is -3.62. The molecule has 0 amide bonds. The third-order valence-corrected chi connectivity index (χ3v) is 7.84. The molecule has 1 aromatic rings. The van der Waals surface area contributed by atoms with Gasteiger partial charge in [-0.15, -0.1) is 0 Å². The lowest BCUT2D eigenvalue weighted by molar-refractivity contribution is 0.332. The number of benzene rings is 1. The summed E-state index contributed by atoms with van der Waals surface area (Å²) in [7, 11) is -6.72. The summed E-state index contributed by atoms with van der Waals surface area (Å²) in [5, 5.41) is 0. The Balaban J connectivity index is 1.95. The van der Waals surface area contributed by atoms with Gasteiger partial charge in [0.1, 0.15) is 0 Å². The Morgan fingerprint density at radius 1 is 1.05 bits per heavy atom. The Hall–Kier alpha value is -0.920. The van der Waals surface area contributed by atoms with E-state index in [1.807, 2.05) is 6.92 Å². The van der Waals surface area contributed by atoms with Crippen LogP contribution in [-0.2, 0) is 19.9 Å².